The molecular formula is C32H28FN5O. The Morgan fingerprint density at radius 2 is 1.79 bits per heavy atom. The fraction of sp³-hybridized carbons (Fsp3) is 0.219. The minimum absolute atomic E-state index is 0.0261. The second-order valence-electron chi connectivity index (χ2n) is 10.8. The van der Waals surface area contributed by atoms with Crippen molar-refractivity contribution in [1.29, 1.82) is 0 Å². The lowest BCUT2D eigenvalue weighted by Gasteiger charge is -2.47. The molecule has 2 aromatic heterocycles. The highest BCUT2D eigenvalue weighted by Crippen LogP contribution is 2.42. The van der Waals surface area contributed by atoms with E-state index in [-0.39, 0.29) is 17.1 Å². The van der Waals surface area contributed by atoms with E-state index in [1.54, 1.807) is 12.1 Å². The van der Waals surface area contributed by atoms with E-state index in [0.717, 1.165) is 47.0 Å². The highest BCUT2D eigenvalue weighted by atomic mass is 19.1. The lowest BCUT2D eigenvalue weighted by molar-refractivity contribution is -0.136. The molecule has 2 saturated heterocycles. The molecule has 39 heavy (non-hydrogen) atoms. The third-order valence-corrected chi connectivity index (χ3v) is 8.27. The average Bonchev–Trinajstić information content (AvgIpc) is 3.57. The van der Waals surface area contributed by atoms with Gasteiger partial charge in [-0.2, -0.15) is 4.98 Å². The molecule has 0 unspecified atom stereocenters. The van der Waals surface area contributed by atoms with Gasteiger partial charge in [-0.3, -0.25) is 4.79 Å². The first-order valence-electron chi connectivity index (χ1n) is 13.3. The van der Waals surface area contributed by atoms with Crippen LogP contribution in [0.4, 0.5) is 10.3 Å². The zero-order valence-corrected chi connectivity index (χ0v) is 21.8. The van der Waals surface area contributed by atoms with Crippen molar-refractivity contribution in [2.24, 2.45) is 5.41 Å². The summed E-state index contributed by atoms with van der Waals surface area (Å²) in [7, 11) is 0. The number of halogens is 1. The molecule has 0 saturated carbocycles. The van der Waals surface area contributed by atoms with Gasteiger partial charge in [-0.05, 0) is 54.6 Å². The van der Waals surface area contributed by atoms with Crippen LogP contribution < -0.4 is 4.90 Å². The largest absolute Gasteiger partial charge is 0.340 e. The molecule has 7 heteroatoms. The maximum atomic E-state index is 15.1. The SMILES string of the molecule is C=CC(=O)N1CC2(CCN(c3nc(-c4ccccc4F)c4ccn(-c5cccc6cccc(C)c56)c4n3)C2)C1. The van der Waals surface area contributed by atoms with Gasteiger partial charge in [0.15, 0.2) is 5.65 Å². The predicted octanol–water partition coefficient (Wildman–Crippen LogP) is 5.91. The molecule has 0 atom stereocenters. The second-order valence-corrected chi connectivity index (χ2v) is 10.8. The van der Waals surface area contributed by atoms with E-state index < -0.39 is 0 Å². The van der Waals surface area contributed by atoms with Gasteiger partial charge in [-0.1, -0.05) is 49.0 Å². The van der Waals surface area contributed by atoms with Crippen LogP contribution >= 0.6 is 0 Å². The number of aromatic nitrogens is 3. The smallest absolute Gasteiger partial charge is 0.245 e. The van der Waals surface area contributed by atoms with Crippen LogP contribution in [-0.4, -0.2) is 51.5 Å². The van der Waals surface area contributed by atoms with E-state index in [9.17, 15) is 4.79 Å². The van der Waals surface area contributed by atoms with Gasteiger partial charge in [-0.25, -0.2) is 9.37 Å². The highest BCUT2D eigenvalue weighted by Gasteiger charge is 2.49. The van der Waals surface area contributed by atoms with Gasteiger partial charge in [0.2, 0.25) is 11.9 Å². The quantitative estimate of drug-likeness (QED) is 0.278. The number of carbonyl (C=O) groups is 1. The Bertz CT molecular complexity index is 1780. The molecule has 0 radical (unpaired) electrons. The number of anilines is 1. The molecule has 6 nitrogen and oxygen atoms in total. The molecule has 5 aromatic rings. The zero-order valence-electron chi connectivity index (χ0n) is 21.8. The third kappa shape index (κ3) is 3.72. The number of carbonyl (C=O) groups excluding carboxylic acids is 1. The summed E-state index contributed by atoms with van der Waals surface area (Å²) in [5, 5.41) is 3.12. The number of fused-ring (bicyclic) bond motifs is 2. The first-order valence-corrected chi connectivity index (χ1v) is 13.3. The van der Waals surface area contributed by atoms with Gasteiger partial charge < -0.3 is 14.4 Å². The number of hydrogen-bond acceptors (Lipinski definition) is 4. The van der Waals surface area contributed by atoms with Crippen molar-refractivity contribution in [3.63, 3.8) is 0 Å². The molecule has 1 spiro atoms. The highest BCUT2D eigenvalue weighted by molar-refractivity contribution is 5.97. The van der Waals surface area contributed by atoms with Crippen LogP contribution in [0.5, 0.6) is 0 Å². The molecule has 3 aromatic carbocycles. The van der Waals surface area contributed by atoms with Crippen molar-refractivity contribution < 1.29 is 9.18 Å². The Morgan fingerprint density at radius 3 is 2.59 bits per heavy atom. The molecule has 1 amide bonds. The number of hydrogen-bond donors (Lipinski definition) is 0. The van der Waals surface area contributed by atoms with Crippen molar-refractivity contribution in [3.8, 4) is 16.9 Å². The molecule has 4 heterocycles. The van der Waals surface area contributed by atoms with Gasteiger partial charge in [0.05, 0.1) is 11.4 Å². The van der Waals surface area contributed by atoms with Crippen LogP contribution in [0.3, 0.4) is 0 Å². The summed E-state index contributed by atoms with van der Waals surface area (Å²) < 4.78 is 17.2. The maximum Gasteiger partial charge on any atom is 0.245 e. The first-order chi connectivity index (χ1) is 19.0. The number of aryl methyl sites for hydroxylation is 1. The fourth-order valence-electron chi connectivity index (χ4n) is 6.32. The van der Waals surface area contributed by atoms with Crippen molar-refractivity contribution in [3.05, 3.63) is 97.0 Å². The molecule has 0 bridgehead atoms. The number of nitrogens with zero attached hydrogens (tertiary/aromatic N) is 5. The van der Waals surface area contributed by atoms with Crippen molar-refractivity contribution in [1.82, 2.24) is 19.4 Å². The number of amides is 1. The number of benzene rings is 3. The maximum absolute atomic E-state index is 15.1. The van der Waals surface area contributed by atoms with E-state index in [0.29, 0.717) is 30.3 Å². The monoisotopic (exact) mass is 517 g/mol. The lowest BCUT2D eigenvalue weighted by Crippen LogP contribution is -2.59. The molecule has 194 valence electrons. The van der Waals surface area contributed by atoms with Crippen LogP contribution in [0.25, 0.3) is 38.8 Å². The van der Waals surface area contributed by atoms with E-state index in [4.69, 9.17) is 9.97 Å². The molecule has 2 aliphatic heterocycles. The van der Waals surface area contributed by atoms with Crippen LogP contribution in [0.2, 0.25) is 0 Å². The Balaban J connectivity index is 1.38. The van der Waals surface area contributed by atoms with E-state index >= 15 is 4.39 Å². The normalized spacial score (nSPS) is 16.3. The van der Waals surface area contributed by atoms with E-state index in [2.05, 4.69) is 59.4 Å². The number of likely N-dealkylation sites (tertiary alicyclic amines) is 1. The topological polar surface area (TPSA) is 54.3 Å². The van der Waals surface area contributed by atoms with Gasteiger partial charge in [0, 0.05) is 54.1 Å². The summed E-state index contributed by atoms with van der Waals surface area (Å²) in [5.41, 5.74) is 4.02. The van der Waals surface area contributed by atoms with Crippen LogP contribution in [0.15, 0.2) is 85.6 Å². The standard InChI is InChI=1S/C32H28FN5O/c1-3-27(39)37-19-32(20-37)15-17-36(18-32)31-34-29(23-11-4-5-12-25(23)33)24-14-16-38(30(24)35-31)26-13-7-10-22-9-6-8-21(2)28(22)26/h3-14,16H,1,15,17-20H2,2H3. The lowest BCUT2D eigenvalue weighted by atomic mass is 9.79. The molecule has 0 N–H and O–H groups in total. The van der Waals surface area contributed by atoms with Gasteiger partial charge in [-0.15, -0.1) is 0 Å². The second kappa shape index (κ2) is 8.76. The third-order valence-electron chi connectivity index (χ3n) is 8.27. The summed E-state index contributed by atoms with van der Waals surface area (Å²) in [4.78, 5) is 26.1. The van der Waals surface area contributed by atoms with Crippen molar-refractivity contribution in [2.45, 2.75) is 13.3 Å². The minimum Gasteiger partial charge on any atom is -0.340 e. The van der Waals surface area contributed by atoms with Gasteiger partial charge in [0.1, 0.15) is 5.82 Å². The summed E-state index contributed by atoms with van der Waals surface area (Å²) in [6, 6.07) is 21.3. The minimum atomic E-state index is -0.312. The van der Waals surface area contributed by atoms with Crippen LogP contribution in [0, 0.1) is 18.2 Å². The Labute approximate surface area is 226 Å². The molecule has 2 fully saturated rings. The zero-order chi connectivity index (χ0) is 26.7. The summed E-state index contributed by atoms with van der Waals surface area (Å²) in [6.07, 6.45) is 4.33. The van der Waals surface area contributed by atoms with Gasteiger partial charge in [0.25, 0.3) is 0 Å². The van der Waals surface area contributed by atoms with Crippen LogP contribution in [-0.2, 0) is 4.79 Å². The van der Waals surface area contributed by atoms with Gasteiger partial charge >= 0.3 is 0 Å². The van der Waals surface area contributed by atoms with Crippen molar-refractivity contribution >= 4 is 33.7 Å². The van der Waals surface area contributed by atoms with E-state index in [1.165, 1.54) is 17.7 Å². The predicted molar refractivity (Wildman–Crippen MR) is 153 cm³/mol. The fourth-order valence-corrected chi connectivity index (χ4v) is 6.32. The Morgan fingerprint density at radius 1 is 1.00 bits per heavy atom. The van der Waals surface area contributed by atoms with E-state index in [1.807, 2.05) is 23.2 Å². The summed E-state index contributed by atoms with van der Waals surface area (Å²) in [5.74, 6) is 0.248. The molecule has 7 rings (SSSR count). The first kappa shape index (κ1) is 23.6. The Kier molecular flexibility index (Phi) is 5.30. The average molecular weight is 518 g/mol. The summed E-state index contributed by atoms with van der Waals surface area (Å²) in [6.45, 7) is 8.69. The Hall–Kier alpha value is -4.52. The molecule has 0 aliphatic carbocycles. The summed E-state index contributed by atoms with van der Waals surface area (Å²) >= 11 is 0. The van der Waals surface area contributed by atoms with Crippen LogP contribution in [0.1, 0.15) is 12.0 Å². The number of rotatable bonds is 4. The molecule has 2 aliphatic rings. The van der Waals surface area contributed by atoms with Crippen molar-refractivity contribution in [2.75, 3.05) is 31.1 Å². The molecular weight excluding hydrogens is 489 g/mol.